The minimum atomic E-state index is -0.0556. The number of nitrogens with zero attached hydrogens (tertiary/aromatic N) is 2. The molecular formula is C20H22N4O2S2. The summed E-state index contributed by atoms with van der Waals surface area (Å²) in [5.74, 6) is 1.02. The van der Waals surface area contributed by atoms with Gasteiger partial charge in [-0.15, -0.1) is 10.2 Å². The number of amides is 1. The largest absolute Gasteiger partial charge is 0.497 e. The molecule has 0 saturated carbocycles. The molecule has 0 aliphatic heterocycles. The first kappa shape index (κ1) is 20.2. The minimum Gasteiger partial charge on any atom is -0.497 e. The molecule has 2 aromatic carbocycles. The van der Waals surface area contributed by atoms with Gasteiger partial charge in [0.2, 0.25) is 11.0 Å². The van der Waals surface area contributed by atoms with Crippen LogP contribution in [-0.4, -0.2) is 29.0 Å². The maximum atomic E-state index is 12.3. The number of thioether (sulfide) groups is 1. The van der Waals surface area contributed by atoms with Crippen molar-refractivity contribution >= 4 is 45.5 Å². The Labute approximate surface area is 172 Å². The van der Waals surface area contributed by atoms with Crippen molar-refractivity contribution in [3.05, 3.63) is 53.1 Å². The number of ether oxygens (including phenoxy) is 1. The molecule has 0 fully saturated rings. The zero-order valence-corrected chi connectivity index (χ0v) is 17.8. The second-order valence-corrected chi connectivity index (χ2v) is 8.54. The van der Waals surface area contributed by atoms with Crippen molar-refractivity contribution in [3.8, 4) is 5.75 Å². The van der Waals surface area contributed by atoms with Gasteiger partial charge in [-0.05, 0) is 56.2 Å². The Morgan fingerprint density at radius 2 is 1.79 bits per heavy atom. The number of carbonyl (C=O) groups excluding carboxylic acids is 1. The number of methoxy groups -OCH3 is 1. The van der Waals surface area contributed by atoms with Crippen molar-refractivity contribution in [1.82, 2.24) is 10.2 Å². The van der Waals surface area contributed by atoms with Crippen molar-refractivity contribution in [2.75, 3.05) is 23.5 Å². The molecule has 28 heavy (non-hydrogen) atoms. The average Bonchev–Trinajstić information content (AvgIpc) is 3.11. The van der Waals surface area contributed by atoms with Crippen LogP contribution in [0.3, 0.4) is 0 Å². The third-order valence-electron chi connectivity index (χ3n) is 4.02. The summed E-state index contributed by atoms with van der Waals surface area (Å²) in [7, 11) is 1.63. The van der Waals surface area contributed by atoms with Crippen LogP contribution in [0, 0.1) is 20.8 Å². The van der Waals surface area contributed by atoms with Crippen molar-refractivity contribution in [1.29, 1.82) is 0 Å². The van der Waals surface area contributed by atoms with E-state index in [1.807, 2.05) is 38.1 Å². The second kappa shape index (κ2) is 9.07. The Kier molecular flexibility index (Phi) is 6.53. The Hall–Kier alpha value is -2.58. The maximum Gasteiger partial charge on any atom is 0.234 e. The fourth-order valence-corrected chi connectivity index (χ4v) is 4.37. The van der Waals surface area contributed by atoms with Gasteiger partial charge in [-0.3, -0.25) is 4.79 Å². The SMILES string of the molecule is COc1ccc(Nc2nnc(SCC(=O)Nc3c(C)cc(C)cc3C)s2)cc1. The highest BCUT2D eigenvalue weighted by molar-refractivity contribution is 8.01. The Balaban J connectivity index is 1.54. The van der Waals surface area contributed by atoms with Gasteiger partial charge in [-0.1, -0.05) is 40.8 Å². The molecule has 3 aromatic rings. The molecular weight excluding hydrogens is 392 g/mol. The number of aromatic nitrogens is 2. The van der Waals surface area contributed by atoms with Gasteiger partial charge in [0.05, 0.1) is 12.9 Å². The fraction of sp³-hybridized carbons (Fsp3) is 0.250. The Morgan fingerprint density at radius 3 is 2.43 bits per heavy atom. The molecule has 1 amide bonds. The summed E-state index contributed by atoms with van der Waals surface area (Å²) in [5.41, 5.74) is 5.11. The molecule has 146 valence electrons. The van der Waals surface area contributed by atoms with Gasteiger partial charge in [0.15, 0.2) is 4.34 Å². The van der Waals surface area contributed by atoms with Crippen molar-refractivity contribution < 1.29 is 9.53 Å². The van der Waals surface area contributed by atoms with Gasteiger partial charge in [-0.25, -0.2) is 0 Å². The lowest BCUT2D eigenvalue weighted by Crippen LogP contribution is -2.15. The molecule has 0 unspecified atom stereocenters. The van der Waals surface area contributed by atoms with E-state index in [1.165, 1.54) is 28.7 Å². The molecule has 0 radical (unpaired) electrons. The minimum absolute atomic E-state index is 0.0556. The fourth-order valence-electron chi connectivity index (χ4n) is 2.80. The number of carbonyl (C=O) groups is 1. The Bertz CT molecular complexity index is 948. The molecule has 0 aliphatic rings. The van der Waals surface area contributed by atoms with E-state index < -0.39 is 0 Å². The number of benzene rings is 2. The highest BCUT2D eigenvalue weighted by Crippen LogP contribution is 2.29. The number of hydrogen-bond acceptors (Lipinski definition) is 7. The smallest absolute Gasteiger partial charge is 0.234 e. The van der Waals surface area contributed by atoms with E-state index in [0.29, 0.717) is 5.13 Å². The quantitative estimate of drug-likeness (QED) is 0.533. The molecule has 3 rings (SSSR count). The van der Waals surface area contributed by atoms with Crippen LogP contribution in [0.1, 0.15) is 16.7 Å². The summed E-state index contributed by atoms with van der Waals surface area (Å²) in [6, 6.07) is 11.7. The lowest BCUT2D eigenvalue weighted by molar-refractivity contribution is -0.113. The van der Waals surface area contributed by atoms with Crippen LogP contribution in [0.5, 0.6) is 5.75 Å². The second-order valence-electron chi connectivity index (χ2n) is 6.34. The molecule has 6 nitrogen and oxygen atoms in total. The van der Waals surface area contributed by atoms with Crippen LogP contribution < -0.4 is 15.4 Å². The van der Waals surface area contributed by atoms with Crippen LogP contribution in [0.2, 0.25) is 0 Å². The lowest BCUT2D eigenvalue weighted by atomic mass is 10.1. The number of anilines is 3. The monoisotopic (exact) mass is 414 g/mol. The normalized spacial score (nSPS) is 10.6. The molecule has 0 aliphatic carbocycles. The molecule has 2 N–H and O–H groups in total. The van der Waals surface area contributed by atoms with E-state index in [-0.39, 0.29) is 11.7 Å². The van der Waals surface area contributed by atoms with Gasteiger partial charge in [-0.2, -0.15) is 0 Å². The molecule has 1 heterocycles. The van der Waals surface area contributed by atoms with Gasteiger partial charge >= 0.3 is 0 Å². The summed E-state index contributed by atoms with van der Waals surface area (Å²) in [4.78, 5) is 12.3. The summed E-state index contributed by atoms with van der Waals surface area (Å²) < 4.78 is 5.89. The van der Waals surface area contributed by atoms with E-state index in [2.05, 4.69) is 39.9 Å². The zero-order valence-electron chi connectivity index (χ0n) is 16.2. The number of rotatable bonds is 7. The number of hydrogen-bond donors (Lipinski definition) is 2. The molecule has 0 saturated heterocycles. The third kappa shape index (κ3) is 5.24. The van der Waals surface area contributed by atoms with Crippen molar-refractivity contribution in [3.63, 3.8) is 0 Å². The van der Waals surface area contributed by atoms with Crippen molar-refractivity contribution in [2.45, 2.75) is 25.1 Å². The zero-order chi connectivity index (χ0) is 20.1. The topological polar surface area (TPSA) is 76.1 Å². The van der Waals surface area contributed by atoms with E-state index in [9.17, 15) is 4.79 Å². The van der Waals surface area contributed by atoms with E-state index in [0.717, 1.165) is 32.6 Å². The summed E-state index contributed by atoms with van der Waals surface area (Å²) in [6.45, 7) is 6.06. The van der Waals surface area contributed by atoms with Gasteiger partial charge < -0.3 is 15.4 Å². The highest BCUT2D eigenvalue weighted by Gasteiger charge is 2.11. The first-order valence-corrected chi connectivity index (χ1v) is 10.5. The van der Waals surface area contributed by atoms with Crippen LogP contribution in [0.15, 0.2) is 40.7 Å². The highest BCUT2D eigenvalue weighted by atomic mass is 32.2. The van der Waals surface area contributed by atoms with Crippen LogP contribution in [0.4, 0.5) is 16.5 Å². The first-order chi connectivity index (χ1) is 13.4. The van der Waals surface area contributed by atoms with Gasteiger partial charge in [0.1, 0.15) is 5.75 Å². The predicted molar refractivity (Wildman–Crippen MR) is 116 cm³/mol. The van der Waals surface area contributed by atoms with Gasteiger partial charge in [0.25, 0.3) is 0 Å². The molecule has 0 bridgehead atoms. The molecule has 1 aromatic heterocycles. The number of nitrogens with one attached hydrogen (secondary N) is 2. The van der Waals surface area contributed by atoms with E-state index in [4.69, 9.17) is 4.74 Å². The molecule has 8 heteroatoms. The van der Waals surface area contributed by atoms with E-state index in [1.54, 1.807) is 7.11 Å². The summed E-state index contributed by atoms with van der Waals surface area (Å²) in [6.07, 6.45) is 0. The standard InChI is InChI=1S/C20H22N4O2S2/c1-12-9-13(2)18(14(3)10-12)22-17(25)11-27-20-24-23-19(28-20)21-15-5-7-16(26-4)8-6-15/h5-10H,11H2,1-4H3,(H,21,23)(H,22,25). The predicted octanol–water partition coefficient (Wildman–Crippen LogP) is 4.95. The molecule has 0 spiro atoms. The van der Waals surface area contributed by atoms with Gasteiger partial charge in [0, 0.05) is 11.4 Å². The van der Waals surface area contributed by atoms with Crippen LogP contribution >= 0.6 is 23.1 Å². The Morgan fingerprint density at radius 1 is 1.11 bits per heavy atom. The van der Waals surface area contributed by atoms with E-state index >= 15 is 0 Å². The first-order valence-electron chi connectivity index (χ1n) is 8.69. The third-order valence-corrected chi connectivity index (χ3v) is 5.99. The van der Waals surface area contributed by atoms with Crippen LogP contribution in [-0.2, 0) is 4.79 Å². The number of aryl methyl sites for hydroxylation is 3. The lowest BCUT2D eigenvalue weighted by Gasteiger charge is -2.12. The molecule has 0 atom stereocenters. The average molecular weight is 415 g/mol. The van der Waals surface area contributed by atoms with Crippen LogP contribution in [0.25, 0.3) is 0 Å². The van der Waals surface area contributed by atoms with Crippen molar-refractivity contribution in [2.24, 2.45) is 0 Å². The summed E-state index contributed by atoms with van der Waals surface area (Å²) in [5, 5.41) is 15.1. The summed E-state index contributed by atoms with van der Waals surface area (Å²) >= 11 is 2.79. The maximum absolute atomic E-state index is 12.3.